The number of fused-ring (bicyclic) bond motifs is 2. The highest BCUT2D eigenvalue weighted by Gasteiger charge is 2.44. The molecule has 0 radical (unpaired) electrons. The van der Waals surface area contributed by atoms with Gasteiger partial charge in [0.15, 0.2) is 0 Å². The van der Waals surface area contributed by atoms with Crippen LogP contribution in [-0.4, -0.2) is 23.7 Å². The lowest BCUT2D eigenvalue weighted by molar-refractivity contribution is -0.127. The average Bonchev–Trinajstić information content (AvgIpc) is 2.96. The monoisotopic (exact) mass is 237 g/mol. The van der Waals surface area contributed by atoms with Gasteiger partial charge in [0, 0.05) is 18.6 Å². The minimum atomic E-state index is 0.193. The Morgan fingerprint density at radius 2 is 2.06 bits per heavy atom. The molecule has 0 spiro atoms. The Morgan fingerprint density at radius 3 is 2.59 bits per heavy atom. The molecule has 3 nitrogen and oxygen atoms in total. The van der Waals surface area contributed by atoms with Crippen molar-refractivity contribution in [2.24, 2.45) is 23.7 Å². The molecule has 17 heavy (non-hydrogen) atoms. The summed E-state index contributed by atoms with van der Waals surface area (Å²) in [5, 5.41) is 12.3. The number of aliphatic hydroxyl groups excluding tert-OH is 1. The van der Waals surface area contributed by atoms with Gasteiger partial charge in [-0.2, -0.15) is 0 Å². The Balaban J connectivity index is 1.55. The van der Waals surface area contributed by atoms with Gasteiger partial charge in [0.2, 0.25) is 5.91 Å². The van der Waals surface area contributed by atoms with E-state index in [-0.39, 0.29) is 24.5 Å². The molecule has 0 aromatic carbocycles. The summed E-state index contributed by atoms with van der Waals surface area (Å²) in [5.74, 6) is 2.70. The minimum absolute atomic E-state index is 0.193. The van der Waals surface area contributed by atoms with E-state index in [2.05, 4.69) is 5.32 Å². The molecule has 0 aliphatic heterocycles. The van der Waals surface area contributed by atoms with Gasteiger partial charge in [0.1, 0.15) is 0 Å². The maximum Gasteiger partial charge on any atom is 0.223 e. The van der Waals surface area contributed by atoms with E-state index in [1.54, 1.807) is 0 Å². The number of rotatable bonds is 5. The van der Waals surface area contributed by atoms with Gasteiger partial charge in [-0.15, -0.1) is 0 Å². The second-order valence-corrected chi connectivity index (χ2v) is 6.25. The van der Waals surface area contributed by atoms with Gasteiger partial charge in [-0.25, -0.2) is 0 Å². The lowest BCUT2D eigenvalue weighted by atomic mass is 9.88. The third-order valence-electron chi connectivity index (χ3n) is 5.03. The van der Waals surface area contributed by atoms with E-state index < -0.39 is 0 Å². The van der Waals surface area contributed by atoms with Gasteiger partial charge in [0.25, 0.3) is 0 Å². The van der Waals surface area contributed by atoms with E-state index in [1.165, 1.54) is 32.1 Å². The van der Waals surface area contributed by atoms with Crippen molar-refractivity contribution in [2.75, 3.05) is 6.61 Å². The van der Waals surface area contributed by atoms with Crippen LogP contribution in [-0.2, 0) is 4.79 Å². The molecule has 3 aliphatic rings. The molecule has 3 saturated carbocycles. The summed E-state index contributed by atoms with van der Waals surface area (Å²) < 4.78 is 0. The summed E-state index contributed by atoms with van der Waals surface area (Å²) in [4.78, 5) is 12.3. The predicted molar refractivity (Wildman–Crippen MR) is 65.3 cm³/mol. The van der Waals surface area contributed by atoms with Crippen molar-refractivity contribution in [3.05, 3.63) is 0 Å². The van der Waals surface area contributed by atoms with Gasteiger partial charge in [-0.3, -0.25) is 4.79 Å². The SMILES string of the molecule is O=C(NC(CCO)C1CC1)C1CC2CCC1C2. The van der Waals surface area contributed by atoms with Gasteiger partial charge >= 0.3 is 0 Å². The Bertz CT molecular complexity index is 301. The summed E-state index contributed by atoms with van der Waals surface area (Å²) in [6.07, 6.45) is 8.19. The highest BCUT2D eigenvalue weighted by Crippen LogP contribution is 2.48. The zero-order valence-electron chi connectivity index (χ0n) is 10.4. The summed E-state index contributed by atoms with van der Waals surface area (Å²) >= 11 is 0. The van der Waals surface area contributed by atoms with Crippen molar-refractivity contribution in [3.8, 4) is 0 Å². The third kappa shape index (κ3) is 2.35. The molecule has 96 valence electrons. The largest absolute Gasteiger partial charge is 0.396 e. The number of carbonyl (C=O) groups excluding carboxylic acids is 1. The summed E-state index contributed by atoms with van der Waals surface area (Å²) in [5.41, 5.74) is 0. The van der Waals surface area contributed by atoms with E-state index in [4.69, 9.17) is 5.11 Å². The number of aliphatic hydroxyl groups is 1. The Labute approximate surface area is 103 Å². The number of hydrogen-bond acceptors (Lipinski definition) is 2. The minimum Gasteiger partial charge on any atom is -0.396 e. The van der Waals surface area contributed by atoms with Gasteiger partial charge in [0.05, 0.1) is 0 Å². The second-order valence-electron chi connectivity index (χ2n) is 6.25. The zero-order chi connectivity index (χ0) is 11.8. The summed E-state index contributed by atoms with van der Waals surface area (Å²) in [6, 6.07) is 0.242. The molecule has 0 saturated heterocycles. The summed E-state index contributed by atoms with van der Waals surface area (Å²) in [7, 11) is 0. The van der Waals surface area contributed by atoms with E-state index in [9.17, 15) is 4.79 Å². The van der Waals surface area contributed by atoms with E-state index in [0.29, 0.717) is 11.8 Å². The molecule has 4 unspecified atom stereocenters. The van der Waals surface area contributed by atoms with Gasteiger partial charge < -0.3 is 10.4 Å². The molecule has 4 atom stereocenters. The highest BCUT2D eigenvalue weighted by molar-refractivity contribution is 5.79. The van der Waals surface area contributed by atoms with Crippen molar-refractivity contribution < 1.29 is 9.90 Å². The topological polar surface area (TPSA) is 49.3 Å². The van der Waals surface area contributed by atoms with Crippen LogP contribution in [0.15, 0.2) is 0 Å². The summed E-state index contributed by atoms with van der Waals surface area (Å²) in [6.45, 7) is 0.193. The first kappa shape index (κ1) is 11.5. The third-order valence-corrected chi connectivity index (χ3v) is 5.03. The first-order valence-corrected chi connectivity index (χ1v) is 7.19. The maximum atomic E-state index is 12.3. The van der Waals surface area contributed by atoms with Crippen LogP contribution in [0.3, 0.4) is 0 Å². The van der Waals surface area contributed by atoms with Gasteiger partial charge in [-0.1, -0.05) is 6.42 Å². The number of carbonyl (C=O) groups is 1. The van der Waals surface area contributed by atoms with Crippen LogP contribution in [0.4, 0.5) is 0 Å². The molecule has 3 fully saturated rings. The predicted octanol–water partition coefficient (Wildman–Crippen LogP) is 1.70. The van der Waals surface area contributed by atoms with Crippen LogP contribution in [0.5, 0.6) is 0 Å². The van der Waals surface area contributed by atoms with Crippen LogP contribution in [0.1, 0.15) is 44.9 Å². The lowest BCUT2D eigenvalue weighted by Gasteiger charge is -2.24. The lowest BCUT2D eigenvalue weighted by Crippen LogP contribution is -2.42. The standard InChI is InChI=1S/C14H23NO2/c16-6-5-13(10-3-4-10)15-14(17)12-8-9-1-2-11(12)7-9/h9-13,16H,1-8H2,(H,15,17). The zero-order valence-corrected chi connectivity index (χ0v) is 10.4. The Morgan fingerprint density at radius 1 is 1.24 bits per heavy atom. The molecule has 3 heteroatoms. The molecule has 2 N–H and O–H groups in total. The van der Waals surface area contributed by atoms with Gasteiger partial charge in [-0.05, 0) is 56.3 Å². The average molecular weight is 237 g/mol. The molecule has 2 bridgehead atoms. The van der Waals surface area contributed by atoms with Crippen molar-refractivity contribution in [1.29, 1.82) is 0 Å². The van der Waals surface area contributed by atoms with Crippen LogP contribution >= 0.6 is 0 Å². The van der Waals surface area contributed by atoms with Crippen molar-refractivity contribution in [1.82, 2.24) is 5.32 Å². The normalized spacial score (nSPS) is 37.1. The molecular weight excluding hydrogens is 214 g/mol. The fraction of sp³-hybridized carbons (Fsp3) is 0.929. The molecule has 1 amide bonds. The van der Waals surface area contributed by atoms with Crippen LogP contribution in [0.25, 0.3) is 0 Å². The molecular formula is C14H23NO2. The molecule has 3 rings (SSSR count). The van der Waals surface area contributed by atoms with E-state index in [0.717, 1.165) is 18.8 Å². The Hall–Kier alpha value is -0.570. The van der Waals surface area contributed by atoms with Crippen molar-refractivity contribution >= 4 is 5.91 Å². The molecule has 0 heterocycles. The van der Waals surface area contributed by atoms with Crippen LogP contribution in [0, 0.1) is 23.7 Å². The quantitative estimate of drug-likeness (QED) is 0.764. The smallest absolute Gasteiger partial charge is 0.223 e. The van der Waals surface area contributed by atoms with Crippen LogP contribution < -0.4 is 5.32 Å². The van der Waals surface area contributed by atoms with E-state index >= 15 is 0 Å². The fourth-order valence-corrected chi connectivity index (χ4v) is 3.92. The van der Waals surface area contributed by atoms with E-state index in [1.807, 2.05) is 0 Å². The molecule has 0 aromatic rings. The Kier molecular flexibility index (Phi) is 3.12. The fourth-order valence-electron chi connectivity index (χ4n) is 3.92. The number of nitrogens with one attached hydrogen (secondary N) is 1. The van der Waals surface area contributed by atoms with Crippen molar-refractivity contribution in [2.45, 2.75) is 51.0 Å². The number of hydrogen-bond donors (Lipinski definition) is 2. The highest BCUT2D eigenvalue weighted by atomic mass is 16.3. The number of amides is 1. The first-order chi connectivity index (χ1) is 8.28. The second kappa shape index (κ2) is 4.60. The molecule has 3 aliphatic carbocycles. The first-order valence-electron chi connectivity index (χ1n) is 7.19. The maximum absolute atomic E-state index is 12.3. The molecule has 0 aromatic heterocycles. The van der Waals surface area contributed by atoms with Crippen molar-refractivity contribution in [3.63, 3.8) is 0 Å². The van der Waals surface area contributed by atoms with Crippen LogP contribution in [0.2, 0.25) is 0 Å².